The van der Waals surface area contributed by atoms with Gasteiger partial charge in [-0.1, -0.05) is 72.8 Å². The summed E-state index contributed by atoms with van der Waals surface area (Å²) < 4.78 is 0. The first-order chi connectivity index (χ1) is 15.5. The molecule has 1 aliphatic heterocycles. The zero-order valence-corrected chi connectivity index (χ0v) is 17.5. The maximum absolute atomic E-state index is 13.2. The SMILES string of the molecule is Cc1ccccc1N1C(=O)C(O)=C(CC=Cc2ccccc2)C1c1cccc([N+](=O)[O-])c1. The Labute approximate surface area is 185 Å². The zero-order valence-electron chi connectivity index (χ0n) is 17.5. The highest BCUT2D eigenvalue weighted by molar-refractivity contribution is 6.09. The molecule has 1 heterocycles. The molecule has 1 N–H and O–H groups in total. The van der Waals surface area contributed by atoms with E-state index in [1.807, 2.05) is 73.7 Å². The first kappa shape index (κ1) is 21.1. The summed E-state index contributed by atoms with van der Waals surface area (Å²) in [6.45, 7) is 1.89. The number of nitrogens with zero attached hydrogens (tertiary/aromatic N) is 2. The van der Waals surface area contributed by atoms with Crippen molar-refractivity contribution in [2.45, 2.75) is 19.4 Å². The molecule has 4 rings (SSSR count). The third-order valence-electron chi connectivity index (χ3n) is 5.53. The van der Waals surface area contributed by atoms with Gasteiger partial charge in [-0.25, -0.2) is 0 Å². The number of para-hydroxylation sites is 1. The summed E-state index contributed by atoms with van der Waals surface area (Å²) in [6.07, 6.45) is 4.13. The molecule has 6 nitrogen and oxygen atoms in total. The van der Waals surface area contributed by atoms with Gasteiger partial charge in [-0.05, 0) is 36.1 Å². The number of aliphatic hydroxyl groups is 1. The number of non-ortho nitro benzene ring substituents is 1. The number of anilines is 1. The Morgan fingerprint density at radius 1 is 1.03 bits per heavy atom. The summed E-state index contributed by atoms with van der Waals surface area (Å²) in [5.74, 6) is -0.832. The summed E-state index contributed by atoms with van der Waals surface area (Å²) in [7, 11) is 0. The van der Waals surface area contributed by atoms with Crippen molar-refractivity contribution < 1.29 is 14.8 Å². The van der Waals surface area contributed by atoms with Crippen molar-refractivity contribution in [3.05, 3.63) is 123 Å². The number of amides is 1. The molecule has 160 valence electrons. The molecule has 3 aromatic carbocycles. The minimum absolute atomic E-state index is 0.0646. The van der Waals surface area contributed by atoms with Gasteiger partial charge in [0.2, 0.25) is 0 Å². The lowest BCUT2D eigenvalue weighted by atomic mass is 9.95. The minimum Gasteiger partial charge on any atom is -0.503 e. The van der Waals surface area contributed by atoms with Crippen LogP contribution in [0.2, 0.25) is 0 Å². The van der Waals surface area contributed by atoms with Gasteiger partial charge in [0, 0.05) is 23.4 Å². The van der Waals surface area contributed by atoms with Gasteiger partial charge in [-0.3, -0.25) is 19.8 Å². The summed E-state index contributed by atoms with van der Waals surface area (Å²) in [6, 6.07) is 22.7. The predicted molar refractivity (Wildman–Crippen MR) is 124 cm³/mol. The summed E-state index contributed by atoms with van der Waals surface area (Å²) in [5, 5.41) is 22.2. The molecule has 0 saturated carbocycles. The number of aryl methyl sites for hydroxylation is 1. The first-order valence-electron chi connectivity index (χ1n) is 10.2. The van der Waals surface area contributed by atoms with Crippen molar-refractivity contribution in [2.24, 2.45) is 0 Å². The molecule has 3 aromatic rings. The molecule has 0 radical (unpaired) electrons. The van der Waals surface area contributed by atoms with Crippen molar-refractivity contribution in [1.82, 2.24) is 0 Å². The molecule has 0 saturated heterocycles. The molecule has 1 aliphatic rings. The number of hydrogen-bond donors (Lipinski definition) is 1. The van der Waals surface area contributed by atoms with E-state index in [0.29, 0.717) is 23.2 Å². The van der Waals surface area contributed by atoms with Crippen LogP contribution >= 0.6 is 0 Å². The Hall–Kier alpha value is -4.19. The third-order valence-corrected chi connectivity index (χ3v) is 5.53. The molecule has 0 aromatic heterocycles. The van der Waals surface area contributed by atoms with E-state index >= 15 is 0 Å². The summed E-state index contributed by atoms with van der Waals surface area (Å²) >= 11 is 0. The number of carbonyl (C=O) groups is 1. The molecule has 1 amide bonds. The number of nitro groups is 1. The van der Waals surface area contributed by atoms with E-state index in [4.69, 9.17) is 0 Å². The van der Waals surface area contributed by atoms with Crippen LogP contribution in [0.4, 0.5) is 11.4 Å². The lowest BCUT2D eigenvalue weighted by molar-refractivity contribution is -0.384. The molecule has 1 atom stereocenters. The monoisotopic (exact) mass is 426 g/mol. The van der Waals surface area contributed by atoms with Gasteiger partial charge in [-0.15, -0.1) is 0 Å². The second-order valence-corrected chi connectivity index (χ2v) is 7.61. The molecule has 0 bridgehead atoms. The van der Waals surface area contributed by atoms with Crippen LogP contribution in [0.5, 0.6) is 0 Å². The number of aliphatic hydroxyl groups excluding tert-OH is 1. The topological polar surface area (TPSA) is 83.7 Å². The first-order valence-corrected chi connectivity index (χ1v) is 10.2. The van der Waals surface area contributed by atoms with Crippen LogP contribution in [-0.2, 0) is 4.79 Å². The van der Waals surface area contributed by atoms with E-state index in [9.17, 15) is 20.0 Å². The number of allylic oxidation sites excluding steroid dienone is 1. The fraction of sp³-hybridized carbons (Fsp3) is 0.115. The standard InChI is InChI=1S/C26H22N2O4/c1-18-9-5-6-16-23(18)27-24(20-13-8-14-21(17-20)28(31)32)22(25(29)26(27)30)15-7-12-19-10-3-2-4-11-19/h2-14,16-17,24,29H,15H2,1H3. The lowest BCUT2D eigenvalue weighted by Gasteiger charge is -2.28. The van der Waals surface area contributed by atoms with E-state index in [1.54, 1.807) is 12.1 Å². The van der Waals surface area contributed by atoms with Crippen molar-refractivity contribution in [1.29, 1.82) is 0 Å². The number of hydrogen-bond acceptors (Lipinski definition) is 4. The van der Waals surface area contributed by atoms with Gasteiger partial charge in [0.15, 0.2) is 5.76 Å². The molecular weight excluding hydrogens is 404 g/mol. The Balaban J connectivity index is 1.78. The van der Waals surface area contributed by atoms with Gasteiger partial charge >= 0.3 is 0 Å². The Morgan fingerprint density at radius 3 is 2.47 bits per heavy atom. The smallest absolute Gasteiger partial charge is 0.294 e. The molecule has 0 aliphatic carbocycles. The van der Waals surface area contributed by atoms with Gasteiger partial charge < -0.3 is 5.11 Å². The number of rotatable bonds is 6. The second kappa shape index (κ2) is 8.89. The van der Waals surface area contributed by atoms with E-state index in [0.717, 1.165) is 11.1 Å². The number of carbonyl (C=O) groups excluding carboxylic acids is 1. The highest BCUT2D eigenvalue weighted by atomic mass is 16.6. The van der Waals surface area contributed by atoms with Crippen molar-refractivity contribution in [2.75, 3.05) is 4.90 Å². The minimum atomic E-state index is -0.649. The Kier molecular flexibility index (Phi) is 5.85. The van der Waals surface area contributed by atoms with Crippen molar-refractivity contribution in [3.8, 4) is 0 Å². The molecule has 6 heteroatoms. The van der Waals surface area contributed by atoms with Gasteiger partial charge in [-0.2, -0.15) is 0 Å². The second-order valence-electron chi connectivity index (χ2n) is 7.61. The largest absolute Gasteiger partial charge is 0.503 e. The number of nitro benzene ring substituents is 1. The van der Waals surface area contributed by atoms with Crippen LogP contribution in [0.25, 0.3) is 6.08 Å². The molecular formula is C26H22N2O4. The van der Waals surface area contributed by atoms with Gasteiger partial charge in [0.1, 0.15) is 0 Å². The summed E-state index contributed by atoms with van der Waals surface area (Å²) in [5.41, 5.74) is 3.53. The third kappa shape index (κ3) is 4.03. The van der Waals surface area contributed by atoms with Crippen LogP contribution in [0.1, 0.15) is 29.2 Å². The van der Waals surface area contributed by atoms with Crippen LogP contribution in [0.3, 0.4) is 0 Å². The van der Waals surface area contributed by atoms with Crippen LogP contribution in [0, 0.1) is 17.0 Å². The highest BCUT2D eigenvalue weighted by Gasteiger charge is 2.41. The van der Waals surface area contributed by atoms with Crippen LogP contribution in [0.15, 0.2) is 96.3 Å². The average molecular weight is 426 g/mol. The van der Waals surface area contributed by atoms with Crippen molar-refractivity contribution in [3.63, 3.8) is 0 Å². The van der Waals surface area contributed by atoms with Crippen LogP contribution < -0.4 is 4.90 Å². The van der Waals surface area contributed by atoms with Gasteiger partial charge in [0.25, 0.3) is 11.6 Å². The molecule has 0 spiro atoms. The molecule has 1 unspecified atom stereocenters. The average Bonchev–Trinajstić information content (AvgIpc) is 3.05. The fourth-order valence-electron chi connectivity index (χ4n) is 3.99. The predicted octanol–water partition coefficient (Wildman–Crippen LogP) is 5.91. The van der Waals surface area contributed by atoms with E-state index in [1.165, 1.54) is 17.0 Å². The van der Waals surface area contributed by atoms with Crippen molar-refractivity contribution >= 4 is 23.4 Å². The molecule has 32 heavy (non-hydrogen) atoms. The maximum atomic E-state index is 13.2. The summed E-state index contributed by atoms with van der Waals surface area (Å²) in [4.78, 5) is 25.6. The van der Waals surface area contributed by atoms with E-state index < -0.39 is 16.9 Å². The lowest BCUT2D eigenvalue weighted by Crippen LogP contribution is -2.30. The highest BCUT2D eigenvalue weighted by Crippen LogP contribution is 2.43. The van der Waals surface area contributed by atoms with E-state index in [2.05, 4.69) is 0 Å². The quantitative estimate of drug-likeness (QED) is 0.392. The maximum Gasteiger partial charge on any atom is 0.294 e. The van der Waals surface area contributed by atoms with Crippen LogP contribution in [-0.4, -0.2) is 15.9 Å². The Bertz CT molecular complexity index is 1230. The normalized spacial score (nSPS) is 16.2. The number of benzene rings is 3. The molecule has 0 fully saturated rings. The Morgan fingerprint density at radius 2 is 1.75 bits per heavy atom. The zero-order chi connectivity index (χ0) is 22.7. The van der Waals surface area contributed by atoms with Gasteiger partial charge in [0.05, 0.1) is 11.0 Å². The fourth-order valence-corrected chi connectivity index (χ4v) is 3.99. The van der Waals surface area contributed by atoms with E-state index in [-0.39, 0.29) is 11.4 Å².